The van der Waals surface area contributed by atoms with E-state index in [9.17, 15) is 0 Å². The van der Waals surface area contributed by atoms with Crippen molar-refractivity contribution in [2.24, 2.45) is 7.05 Å². The van der Waals surface area contributed by atoms with Crippen LogP contribution in [0.5, 0.6) is 11.5 Å². The van der Waals surface area contributed by atoms with Crippen molar-refractivity contribution in [3.8, 4) is 33.9 Å². The first-order valence-electron chi connectivity index (χ1n) is 13.0. The van der Waals surface area contributed by atoms with E-state index in [1.54, 1.807) is 18.0 Å². The summed E-state index contributed by atoms with van der Waals surface area (Å²) < 4.78 is 19.2. The number of H-pyrrole nitrogens is 1. The smallest absolute Gasteiger partial charge is 0.146 e. The van der Waals surface area contributed by atoms with Crippen molar-refractivity contribution in [1.29, 1.82) is 0 Å². The molecule has 0 aliphatic carbocycles. The number of likely N-dealkylation sites (N-methyl/N-ethyl adjacent to an activating group) is 1. The van der Waals surface area contributed by atoms with Crippen molar-refractivity contribution in [3.05, 3.63) is 55.1 Å². The van der Waals surface area contributed by atoms with E-state index in [2.05, 4.69) is 57.0 Å². The average Bonchev–Trinajstić information content (AvgIpc) is 3.54. The van der Waals surface area contributed by atoms with E-state index in [4.69, 9.17) is 14.2 Å². The highest BCUT2D eigenvalue weighted by Crippen LogP contribution is 2.41. The van der Waals surface area contributed by atoms with Crippen LogP contribution < -0.4 is 9.47 Å². The van der Waals surface area contributed by atoms with Gasteiger partial charge in [0.2, 0.25) is 0 Å². The van der Waals surface area contributed by atoms with Crippen LogP contribution in [0.1, 0.15) is 13.8 Å². The van der Waals surface area contributed by atoms with Crippen LogP contribution in [0.4, 0.5) is 0 Å². The Kier molecular flexibility index (Phi) is 7.86. The Morgan fingerprint density at radius 1 is 0.921 bits per heavy atom. The number of hydrogen-bond donors (Lipinski definition) is 1. The molecule has 0 amide bonds. The van der Waals surface area contributed by atoms with Gasteiger partial charge in [-0.05, 0) is 36.9 Å². The number of fused-ring (bicyclic) bond motifs is 3. The Labute approximate surface area is 222 Å². The minimum atomic E-state index is 0.425. The monoisotopic (exact) mass is 514 g/mol. The van der Waals surface area contributed by atoms with E-state index in [1.807, 2.05) is 37.8 Å². The maximum Gasteiger partial charge on any atom is 0.146 e. The predicted octanol–water partition coefficient (Wildman–Crippen LogP) is 4.92. The molecule has 1 N–H and O–H groups in total. The Bertz CT molecular complexity index is 1500. The van der Waals surface area contributed by atoms with E-state index in [1.165, 1.54) is 0 Å². The number of pyridine rings is 2. The Morgan fingerprint density at radius 2 is 1.74 bits per heavy atom. The summed E-state index contributed by atoms with van der Waals surface area (Å²) in [6.07, 6.45) is 7.40. The molecule has 5 rings (SSSR count). The van der Waals surface area contributed by atoms with Gasteiger partial charge in [-0.15, -0.1) is 0 Å². The fraction of sp³-hybridized carbons (Fsp3) is 0.345. The van der Waals surface area contributed by atoms with Crippen molar-refractivity contribution in [3.63, 3.8) is 0 Å². The Morgan fingerprint density at radius 3 is 2.45 bits per heavy atom. The zero-order valence-corrected chi connectivity index (χ0v) is 22.4. The van der Waals surface area contributed by atoms with Gasteiger partial charge in [-0.1, -0.05) is 26.0 Å². The molecule has 0 bridgehead atoms. The third-order valence-electron chi connectivity index (χ3n) is 6.73. The van der Waals surface area contributed by atoms with Gasteiger partial charge >= 0.3 is 0 Å². The first-order valence-corrected chi connectivity index (χ1v) is 13.0. The standard InChI is InChI=1S/C29H34N6O3/c1-5-35(6-2)11-12-37-22-9-7-20(8-10-22)27-26(38-14-13-36-4)18-31-29-28(27)23-15-24(30-17-25(23)33-29)21-16-32-34(3)19-21/h7-10,15-19H,5-6,11-14H2,1-4H3,(H,31,33). The lowest BCUT2D eigenvalue weighted by Crippen LogP contribution is -2.27. The molecular weight excluding hydrogens is 480 g/mol. The van der Waals surface area contributed by atoms with Crippen LogP contribution in [-0.2, 0) is 11.8 Å². The second-order valence-corrected chi connectivity index (χ2v) is 9.10. The molecule has 0 aliphatic heterocycles. The molecular formula is C29H34N6O3. The Hall–Kier alpha value is -3.95. The molecule has 0 unspecified atom stereocenters. The summed E-state index contributed by atoms with van der Waals surface area (Å²) in [6.45, 7) is 8.84. The minimum absolute atomic E-state index is 0.425. The molecule has 0 saturated heterocycles. The highest BCUT2D eigenvalue weighted by atomic mass is 16.5. The molecule has 9 nitrogen and oxygen atoms in total. The van der Waals surface area contributed by atoms with Gasteiger partial charge in [-0.2, -0.15) is 5.10 Å². The normalized spacial score (nSPS) is 11.6. The van der Waals surface area contributed by atoms with E-state index in [0.29, 0.717) is 25.6 Å². The SMILES string of the molecule is CCN(CC)CCOc1ccc(-c2c(OCCOC)cnc3[nH]c4cnc(-c5cnn(C)c5)cc4c23)cc1. The molecule has 9 heteroatoms. The quantitative estimate of drug-likeness (QED) is 0.236. The third-order valence-corrected chi connectivity index (χ3v) is 6.73. The summed E-state index contributed by atoms with van der Waals surface area (Å²) in [6, 6.07) is 10.3. The van der Waals surface area contributed by atoms with Gasteiger partial charge in [0.05, 0.1) is 36.4 Å². The van der Waals surface area contributed by atoms with Gasteiger partial charge in [0.25, 0.3) is 0 Å². The maximum atomic E-state index is 6.16. The molecule has 0 spiro atoms. The highest BCUT2D eigenvalue weighted by molar-refractivity contribution is 6.14. The van der Waals surface area contributed by atoms with E-state index >= 15 is 0 Å². The van der Waals surface area contributed by atoms with Crippen molar-refractivity contribution < 1.29 is 14.2 Å². The molecule has 198 valence electrons. The number of hydrogen-bond acceptors (Lipinski definition) is 7. The first kappa shape index (κ1) is 25.7. The van der Waals surface area contributed by atoms with Crippen molar-refractivity contribution in [2.45, 2.75) is 13.8 Å². The van der Waals surface area contributed by atoms with Crippen LogP contribution in [0.2, 0.25) is 0 Å². The van der Waals surface area contributed by atoms with Crippen molar-refractivity contribution in [2.75, 3.05) is 46.6 Å². The number of benzene rings is 1. The molecule has 4 heterocycles. The topological polar surface area (TPSA) is 90.3 Å². The summed E-state index contributed by atoms with van der Waals surface area (Å²) in [4.78, 5) is 15.1. The van der Waals surface area contributed by atoms with Crippen LogP contribution in [-0.4, -0.2) is 76.2 Å². The van der Waals surface area contributed by atoms with E-state index in [0.717, 1.165) is 69.7 Å². The highest BCUT2D eigenvalue weighted by Gasteiger charge is 2.18. The maximum absolute atomic E-state index is 6.16. The molecule has 0 fully saturated rings. The molecule has 0 atom stereocenters. The van der Waals surface area contributed by atoms with Gasteiger partial charge in [-0.25, -0.2) is 4.98 Å². The van der Waals surface area contributed by atoms with Crippen LogP contribution in [0.15, 0.2) is 55.1 Å². The largest absolute Gasteiger partial charge is 0.492 e. The fourth-order valence-corrected chi connectivity index (χ4v) is 4.63. The number of nitrogens with one attached hydrogen (secondary N) is 1. The van der Waals surface area contributed by atoms with Gasteiger partial charge < -0.3 is 24.1 Å². The summed E-state index contributed by atoms with van der Waals surface area (Å²) in [5, 5.41) is 6.31. The molecule has 38 heavy (non-hydrogen) atoms. The van der Waals surface area contributed by atoms with E-state index in [-0.39, 0.29) is 0 Å². The van der Waals surface area contributed by atoms with Gasteiger partial charge in [0.15, 0.2) is 0 Å². The summed E-state index contributed by atoms with van der Waals surface area (Å²) in [5.41, 5.74) is 5.47. The van der Waals surface area contributed by atoms with Crippen LogP contribution in [0.25, 0.3) is 44.3 Å². The minimum Gasteiger partial charge on any atom is -0.492 e. The number of aryl methyl sites for hydroxylation is 1. The number of aromatic nitrogens is 5. The lowest BCUT2D eigenvalue weighted by Gasteiger charge is -2.18. The molecule has 4 aromatic heterocycles. The number of rotatable bonds is 12. The van der Waals surface area contributed by atoms with Crippen LogP contribution in [0, 0.1) is 0 Å². The lowest BCUT2D eigenvalue weighted by atomic mass is 10.00. The van der Waals surface area contributed by atoms with Crippen LogP contribution in [0.3, 0.4) is 0 Å². The number of methoxy groups -OCH3 is 1. The molecule has 0 aliphatic rings. The summed E-state index contributed by atoms with van der Waals surface area (Å²) in [7, 11) is 3.56. The van der Waals surface area contributed by atoms with E-state index < -0.39 is 0 Å². The second kappa shape index (κ2) is 11.6. The predicted molar refractivity (Wildman–Crippen MR) is 150 cm³/mol. The lowest BCUT2D eigenvalue weighted by molar-refractivity contribution is 0.146. The van der Waals surface area contributed by atoms with Gasteiger partial charge in [0, 0.05) is 48.8 Å². The van der Waals surface area contributed by atoms with Crippen molar-refractivity contribution >= 4 is 21.9 Å². The van der Waals surface area contributed by atoms with Crippen molar-refractivity contribution in [1.82, 2.24) is 29.6 Å². The fourth-order valence-electron chi connectivity index (χ4n) is 4.63. The molecule has 0 radical (unpaired) electrons. The summed E-state index contributed by atoms with van der Waals surface area (Å²) in [5.74, 6) is 1.54. The second-order valence-electron chi connectivity index (χ2n) is 9.10. The zero-order valence-electron chi connectivity index (χ0n) is 22.4. The number of ether oxygens (including phenoxy) is 3. The molecule has 5 aromatic rings. The molecule has 1 aromatic carbocycles. The average molecular weight is 515 g/mol. The first-order chi connectivity index (χ1) is 18.6. The third kappa shape index (κ3) is 5.34. The van der Waals surface area contributed by atoms with Gasteiger partial charge in [-0.3, -0.25) is 9.67 Å². The summed E-state index contributed by atoms with van der Waals surface area (Å²) >= 11 is 0. The number of nitrogens with zero attached hydrogens (tertiary/aromatic N) is 5. The molecule has 0 saturated carbocycles. The van der Waals surface area contributed by atoms with Crippen LogP contribution >= 0.6 is 0 Å². The van der Waals surface area contributed by atoms with Gasteiger partial charge in [0.1, 0.15) is 30.4 Å². The number of aromatic amines is 1. The zero-order chi connectivity index (χ0) is 26.5. The Balaban J connectivity index is 1.55.